The Morgan fingerprint density at radius 1 is 1.15 bits per heavy atom. The fraction of sp³-hybridized carbons (Fsp3) is 0.481. The number of amidine groups is 1. The Morgan fingerprint density at radius 2 is 1.91 bits per heavy atom. The number of nitrogens with zero attached hydrogens (tertiary/aromatic N) is 2. The van der Waals surface area contributed by atoms with Gasteiger partial charge in [0, 0.05) is 12.5 Å². The monoisotopic (exact) mass is 447 g/mol. The van der Waals surface area contributed by atoms with Gasteiger partial charge in [0.15, 0.2) is 0 Å². The molecule has 5 rings (SSSR count). The third-order valence-corrected chi connectivity index (χ3v) is 7.80. The number of methoxy groups -OCH3 is 2. The van der Waals surface area contributed by atoms with Crippen LogP contribution in [0.4, 0.5) is 0 Å². The van der Waals surface area contributed by atoms with Gasteiger partial charge in [0.05, 0.1) is 27.6 Å². The van der Waals surface area contributed by atoms with Crippen LogP contribution in [0.5, 0.6) is 5.75 Å². The second-order valence-electron chi connectivity index (χ2n) is 9.82. The molecule has 172 valence electrons. The van der Waals surface area contributed by atoms with Gasteiger partial charge in [0.25, 0.3) is 6.02 Å². The minimum absolute atomic E-state index is 0.104. The summed E-state index contributed by atoms with van der Waals surface area (Å²) in [7, 11) is 3.32. The van der Waals surface area contributed by atoms with E-state index < -0.39 is 17.5 Å². The van der Waals surface area contributed by atoms with E-state index in [0.717, 1.165) is 35.1 Å². The molecule has 0 saturated heterocycles. The molecule has 2 N–H and O–H groups in total. The van der Waals surface area contributed by atoms with Crippen LogP contribution in [0.1, 0.15) is 46.1 Å². The van der Waals surface area contributed by atoms with Crippen LogP contribution in [0.15, 0.2) is 41.4 Å². The van der Waals surface area contributed by atoms with E-state index in [1.54, 1.807) is 20.3 Å². The standard InChI is InChI=1S/C27H31N3O3/c1-16-11-26(12-17(2)24(16)32-4)13-20-6-5-19(10-23(20)27(26)15-33-25(29)30-27)21-7-18(14-28)8-22(9-21)31-3/h5-10,16-17,24H,11-13,15H2,1-4H3,(H2,29,30)/t16-,17+,24+,26+,27?/i15D2. The summed E-state index contributed by atoms with van der Waals surface area (Å²) in [4.78, 5) is 4.79. The van der Waals surface area contributed by atoms with Gasteiger partial charge in [0.1, 0.15) is 17.8 Å². The number of aliphatic imine (C=N–C) groups is 1. The molecule has 1 heterocycles. The Balaban J connectivity index is 1.71. The van der Waals surface area contributed by atoms with Gasteiger partial charge >= 0.3 is 0 Å². The first-order valence-corrected chi connectivity index (χ1v) is 11.4. The molecule has 6 heteroatoms. The third kappa shape index (κ3) is 3.21. The van der Waals surface area contributed by atoms with E-state index in [9.17, 15) is 5.26 Å². The average Bonchev–Trinajstić information content (AvgIpc) is 3.22. The second kappa shape index (κ2) is 7.78. The van der Waals surface area contributed by atoms with Crippen molar-refractivity contribution < 1.29 is 17.0 Å². The zero-order chi connectivity index (χ0) is 25.2. The molecule has 2 aromatic carbocycles. The molecule has 2 spiro atoms. The van der Waals surface area contributed by atoms with Crippen molar-refractivity contribution in [1.82, 2.24) is 0 Å². The molecule has 1 aliphatic heterocycles. The third-order valence-electron chi connectivity index (χ3n) is 7.80. The normalized spacial score (nSPS) is 34.8. The zero-order valence-corrected chi connectivity index (χ0v) is 19.5. The highest BCUT2D eigenvalue weighted by atomic mass is 16.5. The average molecular weight is 448 g/mol. The summed E-state index contributed by atoms with van der Waals surface area (Å²) in [6.45, 7) is 2.24. The van der Waals surface area contributed by atoms with Crippen LogP contribution >= 0.6 is 0 Å². The van der Waals surface area contributed by atoms with Crippen molar-refractivity contribution in [2.75, 3.05) is 20.8 Å². The van der Waals surface area contributed by atoms with E-state index in [-0.39, 0.29) is 24.0 Å². The van der Waals surface area contributed by atoms with Crippen molar-refractivity contribution in [1.29, 1.82) is 5.26 Å². The quantitative estimate of drug-likeness (QED) is 0.753. The zero-order valence-electron chi connectivity index (χ0n) is 21.5. The Hall–Kier alpha value is -3.04. The van der Waals surface area contributed by atoms with E-state index in [2.05, 4.69) is 26.0 Å². The van der Waals surface area contributed by atoms with E-state index in [1.165, 1.54) is 0 Å². The van der Waals surface area contributed by atoms with Crippen molar-refractivity contribution >= 4 is 6.02 Å². The van der Waals surface area contributed by atoms with E-state index in [1.807, 2.05) is 24.3 Å². The number of nitrogens with two attached hydrogens (primary N) is 1. The fourth-order valence-corrected chi connectivity index (χ4v) is 6.67. The second-order valence-corrected chi connectivity index (χ2v) is 9.82. The molecule has 3 aliphatic rings. The summed E-state index contributed by atoms with van der Waals surface area (Å²) in [5, 5.41) is 9.49. The highest BCUT2D eigenvalue weighted by Crippen LogP contribution is 2.63. The lowest BCUT2D eigenvalue weighted by atomic mass is 9.57. The predicted octanol–water partition coefficient (Wildman–Crippen LogP) is 4.40. The van der Waals surface area contributed by atoms with Crippen LogP contribution in [-0.4, -0.2) is 32.9 Å². The fourth-order valence-electron chi connectivity index (χ4n) is 6.67. The molecular formula is C27H31N3O3. The summed E-state index contributed by atoms with van der Waals surface area (Å²) in [5.41, 5.74) is 8.33. The van der Waals surface area contributed by atoms with Gasteiger partial charge in [-0.3, -0.25) is 0 Å². The smallest absolute Gasteiger partial charge is 0.283 e. The topological polar surface area (TPSA) is 89.9 Å². The van der Waals surface area contributed by atoms with Crippen LogP contribution in [0.2, 0.25) is 0 Å². The van der Waals surface area contributed by atoms with Crippen molar-refractivity contribution in [2.45, 2.75) is 44.8 Å². The van der Waals surface area contributed by atoms with Crippen molar-refractivity contribution in [3.8, 4) is 22.9 Å². The molecule has 0 radical (unpaired) electrons. The number of rotatable bonds is 3. The maximum Gasteiger partial charge on any atom is 0.283 e. The van der Waals surface area contributed by atoms with Gasteiger partial charge in [-0.15, -0.1) is 0 Å². The largest absolute Gasteiger partial charge is 0.497 e. The SMILES string of the molecule is [2H]C1([2H])OC(N)=NC12c1cc(-c3cc(C#N)cc(OC)c3)ccc1C[C@@]21C[C@@H](C)[C@H](OC)[C@@H](C)C1. The molecule has 2 aliphatic carbocycles. The summed E-state index contributed by atoms with van der Waals surface area (Å²) in [6.07, 6.45) is 2.29. The Morgan fingerprint density at radius 3 is 2.52 bits per heavy atom. The highest BCUT2D eigenvalue weighted by Gasteiger charge is 2.63. The minimum atomic E-state index is -2.10. The lowest BCUT2D eigenvalue weighted by Gasteiger charge is -2.50. The number of hydrogen-bond acceptors (Lipinski definition) is 6. The molecular weight excluding hydrogens is 414 g/mol. The maximum atomic E-state index is 9.49. The summed E-state index contributed by atoms with van der Waals surface area (Å²) in [6, 6.07) is 13.5. The van der Waals surface area contributed by atoms with E-state index in [0.29, 0.717) is 17.7 Å². The highest BCUT2D eigenvalue weighted by molar-refractivity contribution is 5.76. The van der Waals surface area contributed by atoms with Crippen LogP contribution < -0.4 is 10.5 Å². The number of hydrogen-bond donors (Lipinski definition) is 1. The summed E-state index contributed by atoms with van der Waals surface area (Å²) < 4.78 is 34.9. The van der Waals surface area contributed by atoms with Crippen LogP contribution in [0, 0.1) is 28.6 Å². The van der Waals surface area contributed by atoms with E-state index in [4.69, 9.17) is 27.7 Å². The number of ether oxygens (including phenoxy) is 3. The van der Waals surface area contributed by atoms with Gasteiger partial charge in [-0.1, -0.05) is 26.0 Å². The molecule has 1 fully saturated rings. The van der Waals surface area contributed by atoms with Crippen molar-refractivity contribution in [2.24, 2.45) is 28.0 Å². The minimum Gasteiger partial charge on any atom is -0.497 e. The lowest BCUT2D eigenvalue weighted by molar-refractivity contribution is -0.0779. The first kappa shape index (κ1) is 19.4. The molecule has 0 amide bonds. The number of nitriles is 1. The molecule has 6 nitrogen and oxygen atoms in total. The van der Waals surface area contributed by atoms with Gasteiger partial charge in [0.2, 0.25) is 0 Å². The molecule has 0 bridgehead atoms. The number of fused-ring (bicyclic) bond motifs is 3. The van der Waals surface area contributed by atoms with Crippen molar-refractivity contribution in [3.05, 3.63) is 53.1 Å². The molecule has 0 aromatic heterocycles. The van der Waals surface area contributed by atoms with Gasteiger partial charge in [-0.25, -0.2) is 4.99 Å². The first-order chi connectivity index (χ1) is 16.6. The first-order valence-electron chi connectivity index (χ1n) is 12.4. The molecule has 1 saturated carbocycles. The predicted molar refractivity (Wildman–Crippen MR) is 127 cm³/mol. The number of benzene rings is 2. The summed E-state index contributed by atoms with van der Waals surface area (Å²) >= 11 is 0. The Bertz CT molecular complexity index is 1240. The maximum absolute atomic E-state index is 9.49. The molecule has 1 unspecified atom stereocenters. The Labute approximate surface area is 198 Å². The van der Waals surface area contributed by atoms with Gasteiger partial charge in [-0.05, 0) is 77.6 Å². The van der Waals surface area contributed by atoms with Crippen molar-refractivity contribution in [3.63, 3.8) is 0 Å². The van der Waals surface area contributed by atoms with Crippen LogP contribution in [0.3, 0.4) is 0 Å². The Kier molecular flexibility index (Phi) is 4.58. The molecule has 33 heavy (non-hydrogen) atoms. The van der Waals surface area contributed by atoms with Gasteiger partial charge < -0.3 is 19.9 Å². The molecule has 2 aromatic rings. The summed E-state index contributed by atoms with van der Waals surface area (Å²) in [5.74, 6) is 1.03. The van der Waals surface area contributed by atoms with E-state index >= 15 is 0 Å². The van der Waals surface area contributed by atoms with Crippen LogP contribution in [0.25, 0.3) is 11.1 Å². The lowest BCUT2D eigenvalue weighted by Crippen LogP contribution is -2.51. The molecule has 5 atom stereocenters. The van der Waals surface area contributed by atoms with Gasteiger partial charge in [-0.2, -0.15) is 5.26 Å². The van der Waals surface area contributed by atoms with Crippen LogP contribution in [-0.2, 0) is 21.4 Å².